The van der Waals surface area contributed by atoms with Crippen LogP contribution in [0.4, 0.5) is 0 Å². The van der Waals surface area contributed by atoms with Gasteiger partial charge in [0.25, 0.3) is 0 Å². The van der Waals surface area contributed by atoms with Crippen LogP contribution in [0.15, 0.2) is 30.3 Å². The molecule has 1 amide bonds. The van der Waals surface area contributed by atoms with Gasteiger partial charge >= 0.3 is 0 Å². The van der Waals surface area contributed by atoms with E-state index in [4.69, 9.17) is 0 Å². The highest BCUT2D eigenvalue weighted by Gasteiger charge is 2.11. The summed E-state index contributed by atoms with van der Waals surface area (Å²) in [6.07, 6.45) is 4.10. The van der Waals surface area contributed by atoms with Crippen molar-refractivity contribution in [2.75, 3.05) is 6.61 Å². The average molecular weight is 261 g/mol. The Kier molecular flexibility index (Phi) is 6.30. The number of carbonyl (C=O) groups excluding carboxylic acids is 1. The fraction of sp³-hybridized carbons (Fsp3) is 0.438. The third-order valence-corrected chi connectivity index (χ3v) is 2.93. The molecular formula is C16H23NO2. The van der Waals surface area contributed by atoms with E-state index in [0.29, 0.717) is 5.92 Å². The van der Waals surface area contributed by atoms with E-state index in [-0.39, 0.29) is 18.6 Å². The molecule has 1 atom stereocenters. The van der Waals surface area contributed by atoms with Crippen molar-refractivity contribution in [2.45, 2.75) is 33.2 Å². The standard InChI is InChI=1S/C16H23NO2/c1-12(2)10-15(11-18)17-16(19)9-8-14-7-5-4-6-13(14)3/h4-9,12,15,18H,10-11H2,1-3H3,(H,17,19)/b9-8+. The quantitative estimate of drug-likeness (QED) is 0.773. The van der Waals surface area contributed by atoms with Crippen LogP contribution in [0.3, 0.4) is 0 Å². The highest BCUT2D eigenvalue weighted by molar-refractivity contribution is 5.92. The summed E-state index contributed by atoms with van der Waals surface area (Å²) in [6, 6.07) is 7.72. The second kappa shape index (κ2) is 7.74. The fourth-order valence-electron chi connectivity index (χ4n) is 1.94. The average Bonchev–Trinajstić information content (AvgIpc) is 2.36. The Bertz CT molecular complexity index is 438. The highest BCUT2D eigenvalue weighted by Crippen LogP contribution is 2.09. The summed E-state index contributed by atoms with van der Waals surface area (Å²) in [6.45, 7) is 6.12. The number of hydrogen-bond donors (Lipinski definition) is 2. The number of rotatable bonds is 6. The summed E-state index contributed by atoms with van der Waals surface area (Å²) >= 11 is 0. The number of aliphatic hydroxyl groups is 1. The highest BCUT2D eigenvalue weighted by atomic mass is 16.3. The number of aryl methyl sites for hydroxylation is 1. The third kappa shape index (κ3) is 5.71. The topological polar surface area (TPSA) is 49.3 Å². The van der Waals surface area contributed by atoms with E-state index >= 15 is 0 Å². The molecule has 1 aromatic carbocycles. The van der Waals surface area contributed by atoms with E-state index < -0.39 is 0 Å². The van der Waals surface area contributed by atoms with Gasteiger partial charge in [-0.1, -0.05) is 38.1 Å². The van der Waals surface area contributed by atoms with Gasteiger partial charge in [-0.25, -0.2) is 0 Å². The van der Waals surface area contributed by atoms with E-state index in [1.807, 2.05) is 31.2 Å². The van der Waals surface area contributed by atoms with Crippen LogP contribution < -0.4 is 5.32 Å². The molecule has 19 heavy (non-hydrogen) atoms. The number of nitrogens with one attached hydrogen (secondary N) is 1. The van der Waals surface area contributed by atoms with Crippen molar-refractivity contribution in [3.8, 4) is 0 Å². The van der Waals surface area contributed by atoms with Crippen molar-refractivity contribution < 1.29 is 9.90 Å². The van der Waals surface area contributed by atoms with Gasteiger partial charge in [-0.3, -0.25) is 4.79 Å². The first-order valence-corrected chi connectivity index (χ1v) is 6.68. The summed E-state index contributed by atoms with van der Waals surface area (Å²) in [5.41, 5.74) is 2.16. The van der Waals surface area contributed by atoms with E-state index in [2.05, 4.69) is 19.2 Å². The van der Waals surface area contributed by atoms with Crippen molar-refractivity contribution in [2.24, 2.45) is 5.92 Å². The van der Waals surface area contributed by atoms with Crippen LogP contribution in [0, 0.1) is 12.8 Å². The minimum atomic E-state index is -0.172. The van der Waals surface area contributed by atoms with E-state index in [1.54, 1.807) is 6.08 Å². The molecule has 0 bridgehead atoms. The zero-order valence-corrected chi connectivity index (χ0v) is 11.9. The summed E-state index contributed by atoms with van der Waals surface area (Å²) in [5, 5.41) is 12.0. The molecule has 0 aromatic heterocycles. The van der Waals surface area contributed by atoms with Crippen molar-refractivity contribution in [1.82, 2.24) is 5.32 Å². The predicted octanol–water partition coefficient (Wildman–Crippen LogP) is 2.53. The normalized spacial score (nSPS) is 12.9. The van der Waals surface area contributed by atoms with E-state index in [0.717, 1.165) is 17.5 Å². The molecule has 2 N–H and O–H groups in total. The van der Waals surface area contributed by atoms with Crippen LogP contribution in [-0.2, 0) is 4.79 Å². The van der Waals surface area contributed by atoms with Crippen molar-refractivity contribution in [3.63, 3.8) is 0 Å². The molecule has 3 heteroatoms. The monoisotopic (exact) mass is 261 g/mol. The number of hydrogen-bond acceptors (Lipinski definition) is 2. The van der Waals surface area contributed by atoms with Gasteiger partial charge in [-0.15, -0.1) is 0 Å². The lowest BCUT2D eigenvalue weighted by atomic mass is 10.0. The molecule has 1 aromatic rings. The van der Waals surface area contributed by atoms with Gasteiger partial charge in [-0.05, 0) is 36.5 Å². The van der Waals surface area contributed by atoms with Gasteiger partial charge in [-0.2, -0.15) is 0 Å². The van der Waals surface area contributed by atoms with E-state index in [9.17, 15) is 9.90 Å². The first-order chi connectivity index (χ1) is 9.02. The Labute approximate surface area is 115 Å². The third-order valence-electron chi connectivity index (χ3n) is 2.93. The Morgan fingerprint density at radius 3 is 2.63 bits per heavy atom. The molecule has 3 nitrogen and oxygen atoms in total. The lowest BCUT2D eigenvalue weighted by molar-refractivity contribution is -0.117. The van der Waals surface area contributed by atoms with Crippen LogP contribution in [-0.4, -0.2) is 23.7 Å². The van der Waals surface area contributed by atoms with Crippen molar-refractivity contribution in [3.05, 3.63) is 41.5 Å². The predicted molar refractivity (Wildman–Crippen MR) is 78.7 cm³/mol. The molecule has 0 aliphatic rings. The van der Waals surface area contributed by atoms with Crippen LogP contribution in [0.5, 0.6) is 0 Å². The number of amides is 1. The number of aliphatic hydroxyl groups excluding tert-OH is 1. The lowest BCUT2D eigenvalue weighted by Gasteiger charge is -2.17. The zero-order chi connectivity index (χ0) is 14.3. The minimum absolute atomic E-state index is 0.0257. The van der Waals surface area contributed by atoms with Gasteiger partial charge in [0.2, 0.25) is 5.91 Å². The Hall–Kier alpha value is -1.61. The molecule has 104 valence electrons. The smallest absolute Gasteiger partial charge is 0.244 e. The minimum Gasteiger partial charge on any atom is -0.394 e. The molecule has 1 rings (SSSR count). The largest absolute Gasteiger partial charge is 0.394 e. The maximum atomic E-state index is 11.8. The molecule has 0 aliphatic carbocycles. The van der Waals surface area contributed by atoms with E-state index in [1.165, 1.54) is 6.08 Å². The molecule has 0 heterocycles. The first kappa shape index (κ1) is 15.4. The molecule has 0 fully saturated rings. The van der Waals surface area contributed by atoms with Gasteiger partial charge in [0.05, 0.1) is 12.6 Å². The maximum Gasteiger partial charge on any atom is 0.244 e. The van der Waals surface area contributed by atoms with Crippen LogP contribution in [0.2, 0.25) is 0 Å². The second-order valence-corrected chi connectivity index (χ2v) is 5.21. The molecule has 0 saturated carbocycles. The van der Waals surface area contributed by atoms with Crippen LogP contribution in [0.1, 0.15) is 31.4 Å². The molecule has 0 spiro atoms. The van der Waals surface area contributed by atoms with Gasteiger partial charge in [0.1, 0.15) is 0 Å². The summed E-state index contributed by atoms with van der Waals surface area (Å²) in [5.74, 6) is 0.278. The summed E-state index contributed by atoms with van der Waals surface area (Å²) < 4.78 is 0. The summed E-state index contributed by atoms with van der Waals surface area (Å²) in [7, 11) is 0. The Morgan fingerprint density at radius 1 is 1.37 bits per heavy atom. The number of benzene rings is 1. The SMILES string of the molecule is Cc1ccccc1/C=C/C(=O)NC(CO)CC(C)C. The van der Waals surface area contributed by atoms with Gasteiger partial charge < -0.3 is 10.4 Å². The van der Waals surface area contributed by atoms with Crippen molar-refractivity contribution in [1.29, 1.82) is 0 Å². The maximum absolute atomic E-state index is 11.8. The molecular weight excluding hydrogens is 238 g/mol. The molecule has 0 saturated heterocycles. The molecule has 1 unspecified atom stereocenters. The van der Waals surface area contributed by atoms with Crippen molar-refractivity contribution >= 4 is 12.0 Å². The first-order valence-electron chi connectivity index (χ1n) is 6.68. The molecule has 0 aliphatic heterocycles. The zero-order valence-electron chi connectivity index (χ0n) is 11.9. The van der Waals surface area contributed by atoms with Crippen LogP contribution >= 0.6 is 0 Å². The number of carbonyl (C=O) groups is 1. The fourth-order valence-corrected chi connectivity index (χ4v) is 1.94. The summed E-state index contributed by atoms with van der Waals surface area (Å²) in [4.78, 5) is 11.8. The Morgan fingerprint density at radius 2 is 2.05 bits per heavy atom. The second-order valence-electron chi connectivity index (χ2n) is 5.21. The molecule has 0 radical (unpaired) electrons. The van der Waals surface area contributed by atoms with Gasteiger partial charge in [0.15, 0.2) is 0 Å². The lowest BCUT2D eigenvalue weighted by Crippen LogP contribution is -2.37. The Balaban J connectivity index is 2.57. The van der Waals surface area contributed by atoms with Gasteiger partial charge in [0, 0.05) is 6.08 Å². The van der Waals surface area contributed by atoms with Crippen LogP contribution in [0.25, 0.3) is 6.08 Å².